The maximum Gasteiger partial charge on any atom is 0.262 e. The van der Waals surface area contributed by atoms with Crippen molar-refractivity contribution in [1.29, 1.82) is 0 Å². The molecule has 12 rings (SSSR count). The summed E-state index contributed by atoms with van der Waals surface area (Å²) in [6.07, 6.45) is 13.3. The number of aryl methyl sites for hydroxylation is 1. The minimum atomic E-state index is -0.974. The Morgan fingerprint density at radius 3 is 2.39 bits per heavy atom. The van der Waals surface area contributed by atoms with Crippen molar-refractivity contribution in [1.82, 2.24) is 39.2 Å². The van der Waals surface area contributed by atoms with Crippen molar-refractivity contribution < 1.29 is 28.7 Å². The molecule has 1 unspecified atom stereocenters. The Hall–Kier alpha value is -6.59. The van der Waals surface area contributed by atoms with Gasteiger partial charge in [0, 0.05) is 139 Å². The zero-order valence-corrected chi connectivity index (χ0v) is 39.3. The molecule has 358 valence electrons. The lowest BCUT2D eigenvalue weighted by Crippen LogP contribution is -2.54. The molecule has 0 radical (unpaired) electrons. The highest BCUT2D eigenvalue weighted by atomic mass is 16.5. The summed E-state index contributed by atoms with van der Waals surface area (Å²) in [6, 6.07) is 14.0. The Morgan fingerprint density at radius 2 is 1.59 bits per heavy atom. The first-order valence-corrected chi connectivity index (χ1v) is 25.0. The van der Waals surface area contributed by atoms with Gasteiger partial charge in [0.2, 0.25) is 17.7 Å². The fourth-order valence-electron chi connectivity index (χ4n) is 12.1. The molecule has 10 heterocycles. The number of aromatic nitrogens is 4. The number of carbonyl (C=O) groups is 5. The molecule has 4 saturated heterocycles. The lowest BCUT2D eigenvalue weighted by molar-refractivity contribution is -0.136. The molecule has 1 N–H and O–H groups in total. The Bertz CT molecular complexity index is 2890. The summed E-state index contributed by atoms with van der Waals surface area (Å²) in [6.45, 7) is 11.8. The minimum Gasteiger partial charge on any atom is -0.381 e. The van der Waals surface area contributed by atoms with Gasteiger partial charge in [-0.15, -0.1) is 0 Å². The predicted molar refractivity (Wildman–Crippen MR) is 259 cm³/mol. The number of piperidine rings is 2. The van der Waals surface area contributed by atoms with E-state index in [1.807, 2.05) is 23.4 Å². The molecular weight excluding hydrogens is 875 g/mol. The number of anilines is 4. The highest BCUT2D eigenvalue weighted by Gasteiger charge is 2.45. The van der Waals surface area contributed by atoms with Gasteiger partial charge in [-0.2, -0.15) is 5.10 Å². The first-order chi connectivity index (χ1) is 33.6. The van der Waals surface area contributed by atoms with Crippen LogP contribution in [0.25, 0.3) is 16.8 Å². The van der Waals surface area contributed by atoms with Gasteiger partial charge in [0.05, 0.1) is 29.4 Å². The number of nitrogens with zero attached hydrogens (tertiary/aromatic N) is 10. The number of imidazole rings is 1. The summed E-state index contributed by atoms with van der Waals surface area (Å²) in [7, 11) is 0. The van der Waals surface area contributed by atoms with E-state index in [0.29, 0.717) is 29.6 Å². The first kappa shape index (κ1) is 43.7. The van der Waals surface area contributed by atoms with Crippen LogP contribution in [0.2, 0.25) is 0 Å². The molecule has 17 nitrogen and oxygen atoms in total. The average molecular weight is 934 g/mol. The number of carbonyl (C=O) groups excluding carboxylic acids is 5. The molecule has 69 heavy (non-hydrogen) atoms. The van der Waals surface area contributed by atoms with E-state index in [1.54, 1.807) is 19.1 Å². The van der Waals surface area contributed by atoms with Crippen LogP contribution in [0.3, 0.4) is 0 Å². The molecule has 7 aliphatic heterocycles. The van der Waals surface area contributed by atoms with Crippen LogP contribution in [0.4, 0.5) is 22.9 Å². The minimum absolute atomic E-state index is 0.0947. The van der Waals surface area contributed by atoms with Gasteiger partial charge >= 0.3 is 0 Å². The number of nitrogens with one attached hydrogen (secondary N) is 1. The number of amides is 5. The van der Waals surface area contributed by atoms with E-state index in [4.69, 9.17) is 14.8 Å². The molecule has 2 aromatic carbocycles. The number of rotatable bonds is 8. The standard InChI is InChI=1S/C52H59N11O6/c1-33(64)59-19-12-44-42(31-59)49(55-63(44)37-13-25-69-26-14-37)61-16-2-3-36-27-35(4-7-43(36)61)40-29-47-53-15-20-60(47)32-46(40)58-17-10-34(11-18-58)30-56-21-23-57(24-22-56)38-5-6-39-41(28-38)52(68)62(51(39)67)45-8-9-48(65)54-50(45)66/h4-7,15,20,27-29,32,34,37,45H,2-3,8-14,16-19,21-26,30-31H2,1H3,(H,54,65,66). The van der Waals surface area contributed by atoms with E-state index < -0.39 is 23.8 Å². The van der Waals surface area contributed by atoms with Crippen molar-refractivity contribution in [3.63, 3.8) is 0 Å². The van der Waals surface area contributed by atoms with E-state index in [9.17, 15) is 24.0 Å². The van der Waals surface area contributed by atoms with Crippen LogP contribution in [-0.2, 0) is 38.5 Å². The van der Waals surface area contributed by atoms with Crippen LogP contribution in [0.15, 0.2) is 61.1 Å². The third kappa shape index (κ3) is 7.92. The molecule has 7 aliphatic rings. The van der Waals surface area contributed by atoms with Gasteiger partial charge in [-0.3, -0.25) is 43.8 Å². The number of hydrogen-bond donors (Lipinski definition) is 1. The van der Waals surface area contributed by atoms with Gasteiger partial charge in [0.15, 0.2) is 5.82 Å². The highest BCUT2D eigenvalue weighted by molar-refractivity contribution is 6.23. The number of fused-ring (bicyclic) bond motifs is 4. The summed E-state index contributed by atoms with van der Waals surface area (Å²) >= 11 is 0. The van der Waals surface area contributed by atoms with E-state index in [2.05, 4.69) is 64.5 Å². The van der Waals surface area contributed by atoms with E-state index in [-0.39, 0.29) is 24.7 Å². The van der Waals surface area contributed by atoms with Gasteiger partial charge in [0.25, 0.3) is 11.8 Å². The summed E-state index contributed by atoms with van der Waals surface area (Å²) in [5.41, 5.74) is 11.0. The maximum absolute atomic E-state index is 13.5. The quantitative estimate of drug-likeness (QED) is 0.208. The van der Waals surface area contributed by atoms with Gasteiger partial charge in [0.1, 0.15) is 11.7 Å². The van der Waals surface area contributed by atoms with Crippen LogP contribution < -0.4 is 20.0 Å². The van der Waals surface area contributed by atoms with Crippen molar-refractivity contribution in [2.75, 3.05) is 86.8 Å². The number of imide groups is 2. The SMILES string of the molecule is CC(=O)N1CCc2c(c(N3CCCc4cc(-c5cc6nccn6cc5N5CCC(CN6CCN(c7ccc8c(c7)C(=O)N(C7CCC(=O)NC7=O)C8=O)CC6)CC5)ccc43)nn2C2CCOCC2)C1. The molecule has 0 bridgehead atoms. The van der Waals surface area contributed by atoms with E-state index >= 15 is 0 Å². The van der Waals surface area contributed by atoms with E-state index in [0.717, 1.165) is 139 Å². The number of benzene rings is 2. The molecule has 0 spiro atoms. The maximum atomic E-state index is 13.5. The van der Waals surface area contributed by atoms with Crippen LogP contribution in [0, 0.1) is 5.92 Å². The van der Waals surface area contributed by atoms with Gasteiger partial charge < -0.3 is 28.7 Å². The third-order valence-electron chi connectivity index (χ3n) is 16.0. The average Bonchev–Trinajstić information content (AvgIpc) is 4.07. The Labute approximate surface area is 400 Å². The van der Waals surface area contributed by atoms with Crippen LogP contribution >= 0.6 is 0 Å². The predicted octanol–water partition coefficient (Wildman–Crippen LogP) is 4.98. The summed E-state index contributed by atoms with van der Waals surface area (Å²) in [5, 5.41) is 7.66. The molecule has 5 amide bonds. The number of piperazine rings is 1. The monoisotopic (exact) mass is 933 g/mol. The summed E-state index contributed by atoms with van der Waals surface area (Å²) < 4.78 is 10.2. The van der Waals surface area contributed by atoms with Crippen molar-refractivity contribution in [2.45, 2.75) is 83.3 Å². The summed E-state index contributed by atoms with van der Waals surface area (Å²) in [4.78, 5) is 81.2. The highest BCUT2D eigenvalue weighted by Crippen LogP contribution is 2.43. The fourth-order valence-corrected chi connectivity index (χ4v) is 12.1. The van der Waals surface area contributed by atoms with Crippen molar-refractivity contribution in [3.8, 4) is 11.1 Å². The molecule has 0 aliphatic carbocycles. The van der Waals surface area contributed by atoms with Crippen LogP contribution in [0.5, 0.6) is 0 Å². The molecule has 3 aromatic heterocycles. The lowest BCUT2D eigenvalue weighted by atomic mass is 9.93. The van der Waals surface area contributed by atoms with Gasteiger partial charge in [-0.05, 0) is 98.4 Å². The molecule has 4 fully saturated rings. The normalized spacial score (nSPS) is 21.8. The van der Waals surface area contributed by atoms with Crippen molar-refractivity contribution in [2.24, 2.45) is 5.92 Å². The zero-order chi connectivity index (χ0) is 46.9. The smallest absolute Gasteiger partial charge is 0.262 e. The second-order valence-corrected chi connectivity index (χ2v) is 20.0. The molecular formula is C52H59N11O6. The topological polar surface area (TPSA) is 161 Å². The molecule has 0 saturated carbocycles. The van der Waals surface area contributed by atoms with Crippen LogP contribution in [-0.4, -0.2) is 142 Å². The number of pyridine rings is 1. The fraction of sp³-hybridized carbons (Fsp3) is 0.481. The van der Waals surface area contributed by atoms with Gasteiger partial charge in [-0.1, -0.05) is 6.07 Å². The van der Waals surface area contributed by atoms with E-state index in [1.165, 1.54) is 39.3 Å². The second kappa shape index (κ2) is 17.7. The first-order valence-electron chi connectivity index (χ1n) is 25.0. The molecule has 5 aromatic rings. The third-order valence-corrected chi connectivity index (χ3v) is 16.0. The van der Waals surface area contributed by atoms with Gasteiger partial charge in [-0.25, -0.2) is 4.98 Å². The second-order valence-electron chi connectivity index (χ2n) is 20.0. The van der Waals surface area contributed by atoms with Crippen LogP contribution in [0.1, 0.15) is 95.4 Å². The molecule has 1 atom stereocenters. The Kier molecular flexibility index (Phi) is 11.2. The van der Waals surface area contributed by atoms with Crippen molar-refractivity contribution in [3.05, 3.63) is 89.0 Å². The Morgan fingerprint density at radius 1 is 0.783 bits per heavy atom. The van der Waals surface area contributed by atoms with Crippen molar-refractivity contribution >= 4 is 58.1 Å². The Balaban J connectivity index is 0.719. The summed E-state index contributed by atoms with van der Waals surface area (Å²) in [5.74, 6) is -0.259. The molecule has 17 heteroatoms. The lowest BCUT2D eigenvalue weighted by Gasteiger charge is -2.40. The number of hydrogen-bond acceptors (Lipinski definition) is 12. The zero-order valence-electron chi connectivity index (χ0n) is 39.3. The number of ether oxygens (including phenoxy) is 1. The largest absolute Gasteiger partial charge is 0.381 e.